The topological polar surface area (TPSA) is 66.6 Å². The summed E-state index contributed by atoms with van der Waals surface area (Å²) in [5, 5.41) is 0. The number of nitrogen functional groups attached to an aromatic ring is 1. The van der Waals surface area contributed by atoms with Gasteiger partial charge in [0.1, 0.15) is 6.04 Å². The molecular formula is C11H13N3O2. The number of imide groups is 1. The Morgan fingerprint density at radius 3 is 2.50 bits per heavy atom. The number of likely N-dealkylation sites (N-methyl/N-ethyl adjacent to an activating group) is 1. The van der Waals surface area contributed by atoms with Gasteiger partial charge < -0.3 is 10.6 Å². The average Bonchev–Trinajstić information content (AvgIpc) is 2.44. The third-order valence-corrected chi connectivity index (χ3v) is 2.78. The van der Waals surface area contributed by atoms with Crippen molar-refractivity contribution in [2.24, 2.45) is 0 Å². The number of rotatable bonds is 1. The van der Waals surface area contributed by atoms with Gasteiger partial charge in [0.05, 0.1) is 5.69 Å². The molecule has 1 unspecified atom stereocenters. The van der Waals surface area contributed by atoms with Gasteiger partial charge in [0.2, 0.25) is 0 Å². The molecule has 1 aromatic rings. The summed E-state index contributed by atoms with van der Waals surface area (Å²) in [6.07, 6.45) is 0. The van der Waals surface area contributed by atoms with Gasteiger partial charge in [0.25, 0.3) is 5.91 Å². The Labute approximate surface area is 93.4 Å². The molecule has 1 fully saturated rings. The quantitative estimate of drug-likeness (QED) is 0.567. The zero-order chi connectivity index (χ0) is 11.9. The number of amides is 3. The molecule has 2 rings (SSSR count). The van der Waals surface area contributed by atoms with Crippen LogP contribution in [-0.2, 0) is 4.79 Å². The second kappa shape index (κ2) is 3.52. The van der Waals surface area contributed by atoms with Crippen molar-refractivity contribution in [2.45, 2.75) is 13.0 Å². The summed E-state index contributed by atoms with van der Waals surface area (Å²) >= 11 is 0. The van der Waals surface area contributed by atoms with Crippen LogP contribution in [0.25, 0.3) is 0 Å². The van der Waals surface area contributed by atoms with E-state index in [9.17, 15) is 9.59 Å². The van der Waals surface area contributed by atoms with Gasteiger partial charge in [-0.3, -0.25) is 4.79 Å². The molecule has 1 atom stereocenters. The Morgan fingerprint density at radius 1 is 1.31 bits per heavy atom. The van der Waals surface area contributed by atoms with E-state index in [4.69, 9.17) is 5.73 Å². The molecule has 16 heavy (non-hydrogen) atoms. The van der Waals surface area contributed by atoms with Crippen LogP contribution in [0.3, 0.4) is 0 Å². The van der Waals surface area contributed by atoms with Crippen LogP contribution in [-0.4, -0.2) is 29.9 Å². The summed E-state index contributed by atoms with van der Waals surface area (Å²) in [5.41, 5.74) is 6.67. The van der Waals surface area contributed by atoms with Crippen LogP contribution < -0.4 is 10.6 Å². The summed E-state index contributed by atoms with van der Waals surface area (Å²) in [5.74, 6) is -0.224. The second-order valence-corrected chi connectivity index (χ2v) is 3.84. The maximum atomic E-state index is 11.9. The van der Waals surface area contributed by atoms with Crippen LogP contribution in [0, 0.1) is 0 Å². The van der Waals surface area contributed by atoms with Crippen molar-refractivity contribution in [1.29, 1.82) is 0 Å². The molecule has 1 saturated heterocycles. The molecule has 0 radical (unpaired) electrons. The first kappa shape index (κ1) is 10.5. The van der Waals surface area contributed by atoms with E-state index in [-0.39, 0.29) is 11.9 Å². The predicted octanol–water partition coefficient (Wildman–Crippen LogP) is 1.06. The minimum atomic E-state index is -0.422. The molecule has 1 aliphatic heterocycles. The Morgan fingerprint density at radius 2 is 2.00 bits per heavy atom. The van der Waals surface area contributed by atoms with E-state index >= 15 is 0 Å². The number of benzene rings is 1. The Bertz CT molecular complexity index is 438. The van der Waals surface area contributed by atoms with E-state index in [0.29, 0.717) is 11.4 Å². The lowest BCUT2D eigenvalue weighted by Crippen LogP contribution is -2.31. The fraction of sp³-hybridized carbons (Fsp3) is 0.273. The number of nitrogens with two attached hydrogens (primary N) is 1. The molecule has 0 spiro atoms. The summed E-state index contributed by atoms with van der Waals surface area (Å²) in [4.78, 5) is 26.3. The SMILES string of the molecule is CC1C(=O)N(c2cccc(N)c2)C(=O)N1C. The molecule has 2 N–H and O–H groups in total. The van der Waals surface area contributed by atoms with E-state index in [0.717, 1.165) is 4.90 Å². The average molecular weight is 219 g/mol. The minimum absolute atomic E-state index is 0.224. The van der Waals surface area contributed by atoms with E-state index < -0.39 is 6.04 Å². The van der Waals surface area contributed by atoms with E-state index in [2.05, 4.69) is 0 Å². The van der Waals surface area contributed by atoms with Gasteiger partial charge in [0, 0.05) is 12.7 Å². The molecule has 0 aromatic heterocycles. The first-order valence-corrected chi connectivity index (χ1v) is 4.98. The molecule has 5 nitrogen and oxygen atoms in total. The number of hydrogen-bond acceptors (Lipinski definition) is 3. The van der Waals surface area contributed by atoms with Crippen LogP contribution in [0.15, 0.2) is 24.3 Å². The van der Waals surface area contributed by atoms with E-state index in [1.165, 1.54) is 4.90 Å². The van der Waals surface area contributed by atoms with Crippen molar-refractivity contribution in [3.63, 3.8) is 0 Å². The van der Waals surface area contributed by atoms with Crippen molar-refractivity contribution >= 4 is 23.3 Å². The summed E-state index contributed by atoms with van der Waals surface area (Å²) < 4.78 is 0. The lowest BCUT2D eigenvalue weighted by Gasteiger charge is -2.14. The lowest BCUT2D eigenvalue weighted by molar-refractivity contribution is -0.119. The van der Waals surface area contributed by atoms with Gasteiger partial charge in [0.15, 0.2) is 0 Å². The number of carbonyl (C=O) groups is 2. The normalized spacial score (nSPS) is 20.8. The van der Waals surface area contributed by atoms with Crippen molar-refractivity contribution in [2.75, 3.05) is 17.7 Å². The summed E-state index contributed by atoms with van der Waals surface area (Å²) in [6, 6.07) is 5.99. The van der Waals surface area contributed by atoms with Gasteiger partial charge in [-0.1, -0.05) is 6.07 Å². The van der Waals surface area contributed by atoms with Gasteiger partial charge in [-0.2, -0.15) is 0 Å². The van der Waals surface area contributed by atoms with Crippen LogP contribution >= 0.6 is 0 Å². The number of urea groups is 1. The van der Waals surface area contributed by atoms with Crippen molar-refractivity contribution in [3.8, 4) is 0 Å². The number of anilines is 2. The first-order valence-electron chi connectivity index (χ1n) is 4.98. The minimum Gasteiger partial charge on any atom is -0.399 e. The van der Waals surface area contributed by atoms with Crippen LogP contribution in [0.2, 0.25) is 0 Å². The van der Waals surface area contributed by atoms with Crippen LogP contribution in [0.1, 0.15) is 6.92 Å². The standard InChI is InChI=1S/C11H13N3O2/c1-7-10(15)14(11(16)13(7)2)9-5-3-4-8(12)6-9/h3-7H,12H2,1-2H3. The predicted molar refractivity (Wildman–Crippen MR) is 61.0 cm³/mol. The van der Waals surface area contributed by atoms with Crippen LogP contribution in [0.4, 0.5) is 16.2 Å². The smallest absolute Gasteiger partial charge is 0.331 e. The van der Waals surface area contributed by atoms with Gasteiger partial charge >= 0.3 is 6.03 Å². The molecule has 5 heteroatoms. The molecular weight excluding hydrogens is 206 g/mol. The van der Waals surface area contributed by atoms with Gasteiger partial charge in [-0.15, -0.1) is 0 Å². The lowest BCUT2D eigenvalue weighted by atomic mass is 10.2. The highest BCUT2D eigenvalue weighted by atomic mass is 16.2. The number of hydrogen-bond donors (Lipinski definition) is 1. The molecule has 3 amide bonds. The van der Waals surface area contributed by atoms with Gasteiger partial charge in [-0.25, -0.2) is 9.69 Å². The third kappa shape index (κ3) is 1.41. The highest BCUT2D eigenvalue weighted by Crippen LogP contribution is 2.25. The highest BCUT2D eigenvalue weighted by Gasteiger charge is 2.41. The Kier molecular flexibility index (Phi) is 2.30. The zero-order valence-electron chi connectivity index (χ0n) is 9.18. The monoisotopic (exact) mass is 219 g/mol. The summed E-state index contributed by atoms with van der Waals surface area (Å²) in [6.45, 7) is 1.70. The molecule has 84 valence electrons. The summed E-state index contributed by atoms with van der Waals surface area (Å²) in [7, 11) is 1.61. The van der Waals surface area contributed by atoms with Crippen molar-refractivity contribution in [3.05, 3.63) is 24.3 Å². The third-order valence-electron chi connectivity index (χ3n) is 2.78. The second-order valence-electron chi connectivity index (χ2n) is 3.84. The molecule has 1 heterocycles. The van der Waals surface area contributed by atoms with E-state index in [1.54, 1.807) is 38.2 Å². The maximum absolute atomic E-state index is 11.9. The highest BCUT2D eigenvalue weighted by molar-refractivity contribution is 6.21. The van der Waals surface area contributed by atoms with Gasteiger partial charge in [-0.05, 0) is 25.1 Å². The van der Waals surface area contributed by atoms with Crippen molar-refractivity contribution < 1.29 is 9.59 Å². The van der Waals surface area contributed by atoms with Crippen molar-refractivity contribution in [1.82, 2.24) is 4.90 Å². The number of carbonyl (C=O) groups excluding carboxylic acids is 2. The molecule has 1 aromatic carbocycles. The fourth-order valence-electron chi connectivity index (χ4n) is 1.67. The zero-order valence-corrected chi connectivity index (χ0v) is 9.18. The Hall–Kier alpha value is -2.04. The molecule has 0 saturated carbocycles. The van der Waals surface area contributed by atoms with E-state index in [1.807, 2.05) is 0 Å². The van der Waals surface area contributed by atoms with Crippen LogP contribution in [0.5, 0.6) is 0 Å². The Balaban J connectivity index is 2.42. The first-order chi connectivity index (χ1) is 7.52. The largest absolute Gasteiger partial charge is 0.399 e. The molecule has 0 aliphatic carbocycles. The molecule has 0 bridgehead atoms. The fourth-order valence-corrected chi connectivity index (χ4v) is 1.67. The number of nitrogens with zero attached hydrogens (tertiary/aromatic N) is 2. The maximum Gasteiger partial charge on any atom is 0.331 e. The molecule has 1 aliphatic rings.